The fourth-order valence-corrected chi connectivity index (χ4v) is 5.36. The third-order valence-corrected chi connectivity index (χ3v) is 7.87. The first kappa shape index (κ1) is 29.6. The van der Waals surface area contributed by atoms with Gasteiger partial charge in [-0.05, 0) is 72.3 Å². The second kappa shape index (κ2) is 13.8. The highest BCUT2D eigenvalue weighted by atomic mass is 35.5. The van der Waals surface area contributed by atoms with Crippen LogP contribution in [0.3, 0.4) is 0 Å². The maximum Gasteiger partial charge on any atom is 0.264 e. The number of hydrogen-bond donors (Lipinski definition) is 2. The van der Waals surface area contributed by atoms with E-state index in [0.29, 0.717) is 27.0 Å². The Balaban J connectivity index is 1.34. The van der Waals surface area contributed by atoms with Crippen molar-refractivity contribution < 1.29 is 22.7 Å². The molecule has 0 unspecified atom stereocenters. The van der Waals surface area contributed by atoms with Gasteiger partial charge >= 0.3 is 0 Å². The van der Waals surface area contributed by atoms with E-state index >= 15 is 0 Å². The molecule has 0 saturated carbocycles. The van der Waals surface area contributed by atoms with E-state index < -0.39 is 22.5 Å². The number of nitrogens with one attached hydrogen (secondary N) is 2. The smallest absolute Gasteiger partial charge is 0.264 e. The topological polar surface area (TPSA) is 117 Å². The molecule has 0 heterocycles. The second-order valence-electron chi connectivity index (χ2n) is 8.48. The molecule has 210 valence electrons. The molecule has 9 nitrogen and oxygen atoms in total. The summed E-state index contributed by atoms with van der Waals surface area (Å²) in [6, 6.07) is 27.5. The molecular weight excluding hydrogens is 587 g/mol. The third kappa shape index (κ3) is 8.31. The Morgan fingerprint density at radius 3 is 2.27 bits per heavy atom. The Labute approximate surface area is 247 Å². The lowest BCUT2D eigenvalue weighted by molar-refractivity contribution is -0.119. The minimum Gasteiger partial charge on any atom is -0.484 e. The standard InChI is InChI=1S/C29H24Cl2N4O5S/c30-22-7-6-8-23(17-22)35(41(38,39)25-9-2-1-3-10-25)19-28(36)34-32-18-21-13-15-24(16-14-21)40-20-29(37)33-27-12-5-4-11-26(27)31/h1-18H,19-20H2,(H,33,37)(H,34,36)/b32-18-. The van der Waals surface area contributed by atoms with Crippen LogP contribution in [0.4, 0.5) is 11.4 Å². The largest absolute Gasteiger partial charge is 0.484 e. The Hall–Kier alpha value is -4.38. The number of amides is 2. The highest BCUT2D eigenvalue weighted by molar-refractivity contribution is 7.92. The number of anilines is 2. The van der Waals surface area contributed by atoms with E-state index in [1.807, 2.05) is 0 Å². The minimum absolute atomic E-state index is 0.0277. The Morgan fingerprint density at radius 1 is 0.854 bits per heavy atom. The van der Waals surface area contributed by atoms with Gasteiger partial charge in [0, 0.05) is 5.02 Å². The van der Waals surface area contributed by atoms with Gasteiger partial charge < -0.3 is 10.1 Å². The molecular formula is C29H24Cl2N4O5S. The van der Waals surface area contributed by atoms with Crippen LogP contribution >= 0.6 is 23.2 Å². The fraction of sp³-hybridized carbons (Fsp3) is 0.0690. The zero-order chi connectivity index (χ0) is 29.2. The number of sulfonamides is 1. The van der Waals surface area contributed by atoms with E-state index in [4.69, 9.17) is 27.9 Å². The number of hydrazone groups is 1. The van der Waals surface area contributed by atoms with Crippen molar-refractivity contribution in [2.45, 2.75) is 4.90 Å². The summed E-state index contributed by atoms with van der Waals surface area (Å²) in [5.74, 6) is -0.582. The molecule has 12 heteroatoms. The maximum atomic E-state index is 13.3. The number of hydrogen-bond acceptors (Lipinski definition) is 6. The van der Waals surface area contributed by atoms with Crippen molar-refractivity contribution in [2.75, 3.05) is 22.8 Å². The SMILES string of the molecule is O=C(CN(c1cccc(Cl)c1)S(=O)(=O)c1ccccc1)N/N=C\c1ccc(OCC(=O)Nc2ccccc2Cl)cc1. The summed E-state index contributed by atoms with van der Waals surface area (Å²) >= 11 is 12.1. The molecule has 0 spiro atoms. The van der Waals surface area contributed by atoms with Crippen LogP contribution in [-0.2, 0) is 19.6 Å². The first-order valence-electron chi connectivity index (χ1n) is 12.1. The van der Waals surface area contributed by atoms with E-state index in [1.54, 1.807) is 84.9 Å². The van der Waals surface area contributed by atoms with E-state index in [-0.39, 0.29) is 23.1 Å². The molecule has 0 aliphatic rings. The molecule has 4 aromatic rings. The predicted octanol–water partition coefficient (Wildman–Crippen LogP) is 5.36. The number of rotatable bonds is 11. The van der Waals surface area contributed by atoms with Crippen LogP contribution in [0.25, 0.3) is 0 Å². The molecule has 0 bridgehead atoms. The van der Waals surface area contributed by atoms with E-state index in [2.05, 4.69) is 15.8 Å². The van der Waals surface area contributed by atoms with Crippen LogP contribution < -0.4 is 19.8 Å². The molecule has 0 saturated heterocycles. The number of carbonyl (C=O) groups is 2. The lowest BCUT2D eigenvalue weighted by atomic mass is 10.2. The Bertz CT molecular complexity index is 1650. The van der Waals surface area contributed by atoms with Crippen molar-refractivity contribution in [1.29, 1.82) is 0 Å². The predicted molar refractivity (Wildman–Crippen MR) is 160 cm³/mol. The number of halogens is 2. The quantitative estimate of drug-likeness (QED) is 0.175. The summed E-state index contributed by atoms with van der Waals surface area (Å²) in [5, 5.41) is 7.35. The van der Waals surface area contributed by atoms with Crippen LogP contribution in [0.1, 0.15) is 5.56 Å². The fourth-order valence-electron chi connectivity index (χ4n) is 3.56. The van der Waals surface area contributed by atoms with Crippen LogP contribution in [0.5, 0.6) is 5.75 Å². The highest BCUT2D eigenvalue weighted by Gasteiger charge is 2.27. The monoisotopic (exact) mass is 610 g/mol. The molecule has 0 fully saturated rings. The van der Waals surface area contributed by atoms with Crippen LogP contribution in [0, 0.1) is 0 Å². The average molecular weight is 612 g/mol. The normalized spacial score (nSPS) is 11.2. The molecule has 0 radical (unpaired) electrons. The lowest BCUT2D eigenvalue weighted by Gasteiger charge is -2.23. The molecule has 41 heavy (non-hydrogen) atoms. The van der Waals surface area contributed by atoms with Gasteiger partial charge in [-0.15, -0.1) is 0 Å². The summed E-state index contributed by atoms with van der Waals surface area (Å²) in [4.78, 5) is 24.9. The van der Waals surface area contributed by atoms with E-state index in [9.17, 15) is 18.0 Å². The maximum absolute atomic E-state index is 13.3. The molecule has 2 N–H and O–H groups in total. The van der Waals surface area contributed by atoms with Crippen molar-refractivity contribution in [3.05, 3.63) is 119 Å². The number of para-hydroxylation sites is 1. The number of ether oxygens (including phenoxy) is 1. The molecule has 0 aliphatic heterocycles. The van der Waals surface area contributed by atoms with Gasteiger partial charge in [0.05, 0.1) is 27.5 Å². The third-order valence-electron chi connectivity index (χ3n) is 5.52. The van der Waals surface area contributed by atoms with Gasteiger partial charge in [0.2, 0.25) is 0 Å². The summed E-state index contributed by atoms with van der Waals surface area (Å²) in [6.45, 7) is -0.748. The second-order valence-corrected chi connectivity index (χ2v) is 11.2. The van der Waals surface area contributed by atoms with Crippen LogP contribution in [0.15, 0.2) is 113 Å². The molecule has 4 aromatic carbocycles. The van der Waals surface area contributed by atoms with Crippen LogP contribution in [-0.4, -0.2) is 39.6 Å². The van der Waals surface area contributed by atoms with Crippen molar-refractivity contribution in [2.24, 2.45) is 5.10 Å². The first-order chi connectivity index (χ1) is 19.7. The van der Waals surface area contributed by atoms with Gasteiger partial charge in [-0.25, -0.2) is 13.8 Å². The molecule has 0 aromatic heterocycles. The first-order valence-corrected chi connectivity index (χ1v) is 14.3. The van der Waals surface area contributed by atoms with Crippen LogP contribution in [0.2, 0.25) is 10.0 Å². The van der Waals surface area contributed by atoms with Crippen molar-refractivity contribution >= 4 is 62.6 Å². The zero-order valence-corrected chi connectivity index (χ0v) is 23.7. The number of benzene rings is 4. The summed E-state index contributed by atoms with van der Waals surface area (Å²) in [6.07, 6.45) is 1.39. The van der Waals surface area contributed by atoms with Gasteiger partial charge in [0.1, 0.15) is 12.3 Å². The van der Waals surface area contributed by atoms with Crippen molar-refractivity contribution in [3.63, 3.8) is 0 Å². The molecule has 2 amide bonds. The number of nitrogens with zero attached hydrogens (tertiary/aromatic N) is 2. The van der Waals surface area contributed by atoms with Gasteiger partial charge in [-0.2, -0.15) is 5.10 Å². The lowest BCUT2D eigenvalue weighted by Crippen LogP contribution is -2.39. The average Bonchev–Trinajstić information content (AvgIpc) is 2.97. The van der Waals surface area contributed by atoms with E-state index in [1.165, 1.54) is 24.4 Å². The highest BCUT2D eigenvalue weighted by Crippen LogP contribution is 2.26. The van der Waals surface area contributed by atoms with Crippen molar-refractivity contribution in [1.82, 2.24) is 5.43 Å². The Kier molecular flexibility index (Phi) is 9.96. The van der Waals surface area contributed by atoms with Gasteiger partial charge in [0.25, 0.3) is 21.8 Å². The minimum atomic E-state index is -4.07. The summed E-state index contributed by atoms with van der Waals surface area (Å²) in [5.41, 5.74) is 3.70. The Morgan fingerprint density at radius 2 is 1.56 bits per heavy atom. The van der Waals surface area contributed by atoms with Crippen molar-refractivity contribution in [3.8, 4) is 5.75 Å². The summed E-state index contributed by atoms with van der Waals surface area (Å²) in [7, 11) is -4.07. The van der Waals surface area contributed by atoms with Gasteiger partial charge in [0.15, 0.2) is 6.61 Å². The molecule has 4 rings (SSSR count). The summed E-state index contributed by atoms with van der Waals surface area (Å²) < 4.78 is 33.1. The number of carbonyl (C=O) groups excluding carboxylic acids is 2. The van der Waals surface area contributed by atoms with E-state index in [0.717, 1.165) is 4.31 Å². The molecule has 0 aliphatic carbocycles. The van der Waals surface area contributed by atoms with Gasteiger partial charge in [-0.1, -0.05) is 59.6 Å². The van der Waals surface area contributed by atoms with Gasteiger partial charge in [-0.3, -0.25) is 13.9 Å². The molecule has 0 atom stereocenters. The zero-order valence-electron chi connectivity index (χ0n) is 21.4.